The molecule has 50 heavy (non-hydrogen) atoms. The van der Waals surface area contributed by atoms with Crippen molar-refractivity contribution in [1.29, 1.82) is 0 Å². The van der Waals surface area contributed by atoms with Gasteiger partial charge in [0.1, 0.15) is 12.2 Å². The van der Waals surface area contributed by atoms with Crippen LogP contribution in [0, 0.1) is 0 Å². The monoisotopic (exact) mass is 710 g/mol. The van der Waals surface area contributed by atoms with Gasteiger partial charge >= 0.3 is 0 Å². The molecule has 0 fully saturated rings. The number of nitrogens with one attached hydrogen (secondary N) is 1. The van der Waals surface area contributed by atoms with Gasteiger partial charge in [-0.15, -0.1) is 0 Å². The molecular weight excluding hydrogens is 622 g/mol. The third-order valence-corrected chi connectivity index (χ3v) is 10.5. The van der Waals surface area contributed by atoms with E-state index in [1.165, 1.54) is 167 Å². The van der Waals surface area contributed by atoms with E-state index in [9.17, 15) is 25.2 Å². The Hall–Kier alpha value is -0.950. The number of carbonyl (C=O) groups is 1. The van der Waals surface area contributed by atoms with E-state index < -0.39 is 36.9 Å². The Morgan fingerprint density at radius 2 is 0.820 bits per heavy atom. The molecule has 0 radical (unpaired) electrons. The molecule has 0 aliphatic heterocycles. The lowest BCUT2D eigenvalue weighted by atomic mass is 10.00. The Morgan fingerprint density at radius 3 is 1.20 bits per heavy atom. The number of allylic oxidation sites excluding steroid dienone is 2. The molecule has 0 aromatic heterocycles. The van der Waals surface area contributed by atoms with Crippen molar-refractivity contribution in [1.82, 2.24) is 5.32 Å². The zero-order valence-corrected chi connectivity index (χ0v) is 33.4. The number of aliphatic hydroxyl groups excluding tert-OH is 4. The van der Waals surface area contributed by atoms with Crippen molar-refractivity contribution in [3.8, 4) is 0 Å². The minimum absolute atomic E-state index is 0.365. The second-order valence-corrected chi connectivity index (χ2v) is 15.4. The van der Waals surface area contributed by atoms with Crippen molar-refractivity contribution in [2.24, 2.45) is 0 Å². The topological polar surface area (TPSA) is 110 Å². The number of hydrogen-bond acceptors (Lipinski definition) is 5. The van der Waals surface area contributed by atoms with E-state index >= 15 is 0 Å². The molecule has 0 rings (SSSR count). The van der Waals surface area contributed by atoms with Gasteiger partial charge in [0.2, 0.25) is 5.91 Å². The molecule has 298 valence electrons. The van der Waals surface area contributed by atoms with Crippen molar-refractivity contribution in [3.63, 3.8) is 0 Å². The normalized spacial score (nSPS) is 14.3. The second kappa shape index (κ2) is 39.3. The minimum atomic E-state index is -1.28. The van der Waals surface area contributed by atoms with Gasteiger partial charge in [-0.25, -0.2) is 0 Å². The van der Waals surface area contributed by atoms with Crippen LogP contribution in [-0.2, 0) is 4.79 Å². The molecule has 0 heterocycles. The predicted molar refractivity (Wildman–Crippen MR) is 215 cm³/mol. The highest BCUT2D eigenvalue weighted by atomic mass is 16.3. The fourth-order valence-electron chi connectivity index (χ4n) is 6.93. The Kier molecular flexibility index (Phi) is 38.5. The van der Waals surface area contributed by atoms with Crippen LogP contribution in [0.1, 0.15) is 232 Å². The van der Waals surface area contributed by atoms with E-state index in [4.69, 9.17) is 0 Å². The van der Waals surface area contributed by atoms with Crippen LogP contribution in [0.3, 0.4) is 0 Å². The molecule has 0 bridgehead atoms. The first-order chi connectivity index (χ1) is 24.5. The van der Waals surface area contributed by atoms with Crippen LogP contribution in [0.5, 0.6) is 0 Å². The van der Waals surface area contributed by atoms with Gasteiger partial charge in [0.15, 0.2) is 0 Å². The lowest BCUT2D eigenvalue weighted by Gasteiger charge is -2.27. The third-order valence-electron chi connectivity index (χ3n) is 10.5. The van der Waals surface area contributed by atoms with E-state index in [0.717, 1.165) is 38.5 Å². The second-order valence-electron chi connectivity index (χ2n) is 15.4. The van der Waals surface area contributed by atoms with Crippen molar-refractivity contribution in [3.05, 3.63) is 12.2 Å². The highest BCUT2D eigenvalue weighted by Crippen LogP contribution is 2.16. The van der Waals surface area contributed by atoms with Crippen molar-refractivity contribution >= 4 is 5.91 Å². The summed E-state index contributed by atoms with van der Waals surface area (Å²) in [7, 11) is 0. The van der Waals surface area contributed by atoms with Crippen LogP contribution in [0.2, 0.25) is 0 Å². The summed E-state index contributed by atoms with van der Waals surface area (Å²) in [6.07, 6.45) is 42.8. The smallest absolute Gasteiger partial charge is 0.249 e. The lowest BCUT2D eigenvalue weighted by molar-refractivity contribution is -0.132. The van der Waals surface area contributed by atoms with Crippen molar-refractivity contribution in [2.75, 3.05) is 6.61 Å². The van der Waals surface area contributed by atoms with Gasteiger partial charge in [-0.05, 0) is 38.5 Å². The zero-order chi connectivity index (χ0) is 36.8. The first-order valence-corrected chi connectivity index (χ1v) is 22.1. The minimum Gasteiger partial charge on any atom is -0.394 e. The van der Waals surface area contributed by atoms with E-state index in [-0.39, 0.29) is 0 Å². The van der Waals surface area contributed by atoms with Crippen LogP contribution in [0.25, 0.3) is 0 Å². The highest BCUT2D eigenvalue weighted by Gasteiger charge is 2.28. The molecule has 6 nitrogen and oxygen atoms in total. The summed E-state index contributed by atoms with van der Waals surface area (Å²) in [5.74, 6) is -0.596. The number of amides is 1. The molecule has 5 N–H and O–H groups in total. The molecule has 0 aromatic carbocycles. The van der Waals surface area contributed by atoms with Gasteiger partial charge < -0.3 is 25.7 Å². The molecule has 0 spiro atoms. The maximum absolute atomic E-state index is 12.4. The summed E-state index contributed by atoms with van der Waals surface area (Å²) in [5.41, 5.74) is 0. The maximum Gasteiger partial charge on any atom is 0.249 e. The molecule has 0 aliphatic carbocycles. The van der Waals surface area contributed by atoms with Crippen LogP contribution in [0.4, 0.5) is 0 Å². The largest absolute Gasteiger partial charge is 0.394 e. The average molecular weight is 710 g/mol. The number of rotatable bonds is 40. The highest BCUT2D eigenvalue weighted by molar-refractivity contribution is 5.80. The molecule has 0 aromatic rings. The molecule has 0 saturated heterocycles. The number of carbonyl (C=O) groups excluding carboxylic acids is 1. The van der Waals surface area contributed by atoms with Gasteiger partial charge in [0.25, 0.3) is 0 Å². The number of hydrogen-bond donors (Lipinski definition) is 5. The summed E-state index contributed by atoms with van der Waals surface area (Å²) < 4.78 is 0. The Bertz CT molecular complexity index is 717. The van der Waals surface area contributed by atoms with E-state index in [1.54, 1.807) is 0 Å². The van der Waals surface area contributed by atoms with E-state index in [0.29, 0.717) is 12.8 Å². The summed E-state index contributed by atoms with van der Waals surface area (Å²) in [4.78, 5) is 12.4. The Labute approximate surface area is 311 Å². The number of unbranched alkanes of at least 4 members (excludes halogenated alkanes) is 29. The summed E-state index contributed by atoms with van der Waals surface area (Å²) >= 11 is 0. The average Bonchev–Trinajstić information content (AvgIpc) is 3.12. The maximum atomic E-state index is 12.4. The quantitative estimate of drug-likeness (QED) is 0.0321. The zero-order valence-electron chi connectivity index (χ0n) is 33.4. The first kappa shape index (κ1) is 49.0. The van der Waals surface area contributed by atoms with Crippen LogP contribution in [-0.4, -0.2) is 57.3 Å². The van der Waals surface area contributed by atoms with Crippen LogP contribution >= 0.6 is 0 Å². The van der Waals surface area contributed by atoms with Crippen molar-refractivity contribution in [2.45, 2.75) is 257 Å². The van der Waals surface area contributed by atoms with Gasteiger partial charge in [-0.3, -0.25) is 4.79 Å². The Morgan fingerprint density at radius 1 is 0.480 bits per heavy atom. The fourth-order valence-corrected chi connectivity index (χ4v) is 6.93. The third kappa shape index (κ3) is 32.9. The summed E-state index contributed by atoms with van der Waals surface area (Å²) in [6, 6.07) is -0.995. The van der Waals surface area contributed by atoms with Crippen molar-refractivity contribution < 1.29 is 25.2 Å². The standard InChI is InChI=1S/C44H87NO5/c1-3-5-7-9-11-13-14-15-16-17-18-19-20-21-22-23-24-25-26-27-28-29-30-32-33-35-37-41(47)43(49)40(39-46)45-44(50)42(48)38-36-34-31-12-10-8-6-4-2/h30,32,40-43,46-49H,3-29,31,33-39H2,1-2H3,(H,45,50)/b32-30+. The predicted octanol–water partition coefficient (Wildman–Crippen LogP) is 11.4. The molecule has 4 atom stereocenters. The van der Waals surface area contributed by atoms with Crippen LogP contribution < -0.4 is 5.32 Å². The summed E-state index contributed by atoms with van der Waals surface area (Å²) in [6.45, 7) is 4.00. The molecule has 4 unspecified atom stereocenters. The first-order valence-electron chi connectivity index (χ1n) is 22.1. The van der Waals surface area contributed by atoms with E-state index in [1.807, 2.05) is 0 Å². The summed E-state index contributed by atoms with van der Waals surface area (Å²) in [5, 5.41) is 43.4. The van der Waals surface area contributed by atoms with Gasteiger partial charge in [0.05, 0.1) is 18.8 Å². The lowest BCUT2D eigenvalue weighted by Crippen LogP contribution is -2.53. The molecular formula is C44H87NO5. The molecule has 0 saturated carbocycles. The molecule has 0 aliphatic rings. The number of aliphatic hydroxyl groups is 4. The van der Waals surface area contributed by atoms with Crippen LogP contribution in [0.15, 0.2) is 12.2 Å². The van der Waals surface area contributed by atoms with Gasteiger partial charge in [-0.1, -0.05) is 206 Å². The molecule has 6 heteroatoms. The SMILES string of the molecule is CCCCCCCCCCCCCCCCCCCCCCC/C=C/CCCC(O)C(O)C(CO)NC(=O)C(O)CCCCCCCCCC. The Balaban J connectivity index is 3.63. The van der Waals surface area contributed by atoms with Gasteiger partial charge in [-0.2, -0.15) is 0 Å². The van der Waals surface area contributed by atoms with Gasteiger partial charge in [0, 0.05) is 0 Å². The fraction of sp³-hybridized carbons (Fsp3) is 0.932. The molecule has 1 amide bonds. The van der Waals surface area contributed by atoms with E-state index in [2.05, 4.69) is 31.3 Å².